The monoisotopic (exact) mass is 670 g/mol. The molecule has 2 aliphatic carbocycles. The summed E-state index contributed by atoms with van der Waals surface area (Å²) < 4.78 is 41.4. The lowest BCUT2D eigenvalue weighted by Crippen LogP contribution is -2.63. The van der Waals surface area contributed by atoms with Crippen molar-refractivity contribution in [2.24, 2.45) is 11.8 Å². The zero-order valence-electron chi connectivity index (χ0n) is 25.8. The first-order valence-corrected chi connectivity index (χ1v) is 15.9. The second kappa shape index (κ2) is 15.5. The average molecular weight is 671 g/mol. The van der Waals surface area contributed by atoms with E-state index in [4.69, 9.17) is 33.2 Å². The van der Waals surface area contributed by atoms with E-state index in [0.717, 1.165) is 0 Å². The summed E-state index contributed by atoms with van der Waals surface area (Å²) in [5, 5.41) is 104. The summed E-state index contributed by atoms with van der Waals surface area (Å²) in [5.74, 6) is -0.828. The number of ether oxygens (including phenoxy) is 7. The van der Waals surface area contributed by atoms with Crippen molar-refractivity contribution < 1.29 is 84.2 Å². The van der Waals surface area contributed by atoms with Crippen molar-refractivity contribution in [1.82, 2.24) is 0 Å². The Labute approximate surface area is 266 Å². The van der Waals surface area contributed by atoms with Crippen molar-refractivity contribution >= 4 is 0 Å². The lowest BCUT2D eigenvalue weighted by atomic mass is 9.72. The first-order chi connectivity index (χ1) is 21.9. The summed E-state index contributed by atoms with van der Waals surface area (Å²) in [5.41, 5.74) is 0. The molecule has 3 saturated heterocycles. The van der Waals surface area contributed by atoms with E-state index in [-0.39, 0.29) is 25.2 Å². The van der Waals surface area contributed by atoms with Crippen molar-refractivity contribution in [1.29, 1.82) is 0 Å². The number of rotatable bonds is 9. The predicted octanol–water partition coefficient (Wildman–Crippen LogP) is -4.91. The molecule has 3 heterocycles. The predicted molar refractivity (Wildman–Crippen MR) is 150 cm³/mol. The SMILES string of the molecule is COC1CC(C2OC3CC(O)CC(O[C@@H]4O[C@@H](CO)[C@H](O)[C@@H](O)[C@@H]4O)C3CC2O[C@@H]2O[C@@H](CO)[C@H](O)[C@@H](O)[C@@H]2O)CC(OC)C1O. The molecule has 0 bridgehead atoms. The number of hydrogen-bond acceptors (Lipinski definition) is 17. The minimum Gasteiger partial charge on any atom is -0.394 e. The smallest absolute Gasteiger partial charge is 0.187 e. The molecule has 8 unspecified atom stereocenters. The van der Waals surface area contributed by atoms with Gasteiger partial charge in [0, 0.05) is 26.6 Å². The van der Waals surface area contributed by atoms with E-state index in [0.29, 0.717) is 12.8 Å². The summed E-state index contributed by atoms with van der Waals surface area (Å²) in [7, 11) is 2.95. The standard InChI is InChI=1S/C29H50O17/c1-40-15-3-10(4-16(41-2)20(15)33)27-17(44-29-26(39)24(37)22(35)19(9-31)46-29)7-12-13(42-27)5-11(32)6-14(12)43-28-25(38)23(36)21(34)18(8-30)45-28/h10-39H,3-9H2,1-2H3/t10?,11?,12?,13?,14?,15?,16?,17?,18-,19-,20?,21-,22-,23+,24+,25-,26-,27?,28+,29+/m0/s1. The van der Waals surface area contributed by atoms with Crippen LogP contribution in [0.2, 0.25) is 0 Å². The van der Waals surface area contributed by atoms with Crippen molar-refractivity contribution in [3.63, 3.8) is 0 Å². The van der Waals surface area contributed by atoms with Gasteiger partial charge in [0.2, 0.25) is 0 Å². The van der Waals surface area contributed by atoms with Crippen LogP contribution in [-0.4, -0.2) is 189 Å². The molecule has 17 nitrogen and oxygen atoms in total. The van der Waals surface area contributed by atoms with Gasteiger partial charge in [0.25, 0.3) is 0 Å². The Morgan fingerprint density at radius 2 is 1.02 bits per heavy atom. The molecule has 268 valence electrons. The number of hydrogen-bond donors (Lipinski definition) is 10. The third-order valence-corrected chi connectivity index (χ3v) is 10.4. The first-order valence-electron chi connectivity index (χ1n) is 15.9. The van der Waals surface area contributed by atoms with Crippen LogP contribution in [-0.2, 0) is 33.2 Å². The molecule has 10 N–H and O–H groups in total. The maximum atomic E-state index is 10.8. The largest absolute Gasteiger partial charge is 0.394 e. The Morgan fingerprint density at radius 1 is 0.522 bits per heavy atom. The number of aliphatic hydroxyl groups excluding tert-OH is 10. The molecular formula is C29H50O17. The quantitative estimate of drug-likeness (QED) is 0.110. The second-order valence-corrected chi connectivity index (χ2v) is 13.2. The van der Waals surface area contributed by atoms with Gasteiger partial charge in [-0.15, -0.1) is 0 Å². The van der Waals surface area contributed by atoms with E-state index in [2.05, 4.69) is 0 Å². The fraction of sp³-hybridized carbons (Fsp3) is 1.00. The van der Waals surface area contributed by atoms with E-state index in [1.807, 2.05) is 0 Å². The number of aliphatic hydroxyl groups is 10. The molecule has 46 heavy (non-hydrogen) atoms. The summed E-state index contributed by atoms with van der Waals surface area (Å²) >= 11 is 0. The van der Waals surface area contributed by atoms with Crippen molar-refractivity contribution in [3.05, 3.63) is 0 Å². The van der Waals surface area contributed by atoms with Gasteiger partial charge in [0.05, 0.1) is 55.9 Å². The molecule has 5 fully saturated rings. The zero-order chi connectivity index (χ0) is 33.4. The molecule has 3 aliphatic heterocycles. The molecule has 0 aromatic rings. The maximum Gasteiger partial charge on any atom is 0.187 e. The van der Waals surface area contributed by atoms with Gasteiger partial charge in [-0.1, -0.05) is 0 Å². The van der Waals surface area contributed by atoms with Gasteiger partial charge in [-0.25, -0.2) is 0 Å². The van der Waals surface area contributed by atoms with Crippen LogP contribution in [0.25, 0.3) is 0 Å². The van der Waals surface area contributed by atoms with E-state index >= 15 is 0 Å². The highest BCUT2D eigenvalue weighted by Crippen LogP contribution is 2.45. The fourth-order valence-corrected chi connectivity index (χ4v) is 7.73. The number of methoxy groups -OCH3 is 2. The topological polar surface area (TPSA) is 267 Å². The van der Waals surface area contributed by atoms with Crippen molar-refractivity contribution in [2.75, 3.05) is 27.4 Å². The van der Waals surface area contributed by atoms with Crippen LogP contribution < -0.4 is 0 Å². The maximum absolute atomic E-state index is 10.8. The van der Waals surface area contributed by atoms with Gasteiger partial charge in [-0.2, -0.15) is 0 Å². The van der Waals surface area contributed by atoms with Crippen LogP contribution in [0.3, 0.4) is 0 Å². The molecule has 18 atom stereocenters. The molecule has 5 rings (SSSR count). The Balaban J connectivity index is 1.41. The Bertz CT molecular complexity index is 945. The Morgan fingerprint density at radius 3 is 1.50 bits per heavy atom. The molecule has 0 radical (unpaired) electrons. The van der Waals surface area contributed by atoms with E-state index < -0.39 is 129 Å². The zero-order valence-corrected chi connectivity index (χ0v) is 25.8. The lowest BCUT2D eigenvalue weighted by molar-refractivity contribution is -0.345. The van der Waals surface area contributed by atoms with Crippen LogP contribution in [0.5, 0.6) is 0 Å². The van der Waals surface area contributed by atoms with Crippen LogP contribution in [0, 0.1) is 11.8 Å². The van der Waals surface area contributed by atoms with Gasteiger partial charge in [-0.3, -0.25) is 0 Å². The van der Waals surface area contributed by atoms with E-state index in [9.17, 15) is 51.1 Å². The number of fused-ring (bicyclic) bond motifs is 1. The van der Waals surface area contributed by atoms with Crippen molar-refractivity contribution in [2.45, 2.75) is 142 Å². The molecular weight excluding hydrogens is 620 g/mol. The third-order valence-electron chi connectivity index (χ3n) is 10.4. The van der Waals surface area contributed by atoms with Crippen LogP contribution >= 0.6 is 0 Å². The summed E-state index contributed by atoms with van der Waals surface area (Å²) in [6.45, 7) is -1.30. The highest BCUT2D eigenvalue weighted by atomic mass is 16.7. The van der Waals surface area contributed by atoms with Crippen LogP contribution in [0.15, 0.2) is 0 Å². The summed E-state index contributed by atoms with van der Waals surface area (Å²) in [6.07, 6.45) is -20.1. The third kappa shape index (κ3) is 7.27. The minimum atomic E-state index is -1.68. The molecule has 2 saturated carbocycles. The van der Waals surface area contributed by atoms with Gasteiger partial charge >= 0.3 is 0 Å². The van der Waals surface area contributed by atoms with Crippen LogP contribution in [0.1, 0.15) is 32.1 Å². The van der Waals surface area contributed by atoms with Crippen LogP contribution in [0.4, 0.5) is 0 Å². The van der Waals surface area contributed by atoms with E-state index in [1.54, 1.807) is 0 Å². The Hall–Kier alpha value is -0.680. The Kier molecular flexibility index (Phi) is 12.3. The van der Waals surface area contributed by atoms with Gasteiger partial charge < -0.3 is 84.2 Å². The normalized spacial score (nSPS) is 53.5. The lowest BCUT2D eigenvalue weighted by Gasteiger charge is -2.53. The molecule has 0 spiro atoms. The molecule has 5 aliphatic rings. The fourth-order valence-electron chi connectivity index (χ4n) is 7.73. The van der Waals surface area contributed by atoms with Crippen molar-refractivity contribution in [3.8, 4) is 0 Å². The summed E-state index contributed by atoms with van der Waals surface area (Å²) in [4.78, 5) is 0. The minimum absolute atomic E-state index is 0.0874. The second-order valence-electron chi connectivity index (χ2n) is 13.2. The molecule has 0 amide bonds. The highest BCUT2D eigenvalue weighted by Gasteiger charge is 2.54. The van der Waals surface area contributed by atoms with Gasteiger partial charge in [0.15, 0.2) is 12.6 Å². The first kappa shape index (κ1) is 36.6. The van der Waals surface area contributed by atoms with Gasteiger partial charge in [0.1, 0.15) is 54.9 Å². The van der Waals surface area contributed by atoms with Gasteiger partial charge in [-0.05, 0) is 31.6 Å². The molecule has 0 aromatic carbocycles. The summed E-state index contributed by atoms with van der Waals surface area (Å²) in [6, 6.07) is 0. The molecule has 0 aromatic heterocycles. The average Bonchev–Trinajstić information content (AvgIpc) is 3.05. The highest BCUT2D eigenvalue weighted by molar-refractivity contribution is 5.01. The van der Waals surface area contributed by atoms with E-state index in [1.165, 1.54) is 14.2 Å². The molecule has 17 heteroatoms.